The van der Waals surface area contributed by atoms with Crippen LogP contribution in [-0.4, -0.2) is 115 Å². The first-order valence-corrected chi connectivity index (χ1v) is 22.8. The van der Waals surface area contributed by atoms with Crippen LogP contribution in [0.4, 0.5) is 5.69 Å². The Balaban J connectivity index is 1.18. The van der Waals surface area contributed by atoms with Gasteiger partial charge in [-0.2, -0.15) is 0 Å². The molecule has 0 radical (unpaired) electrons. The highest BCUT2D eigenvalue weighted by atomic mass is 35.5. The Bertz CT molecular complexity index is 1810. The number of fused-ring (bicyclic) bond motifs is 5. The van der Waals surface area contributed by atoms with E-state index in [1.165, 1.54) is 11.1 Å². The van der Waals surface area contributed by atoms with Crippen LogP contribution >= 0.6 is 11.6 Å². The molecule has 2 saturated heterocycles. The second-order valence-electron chi connectivity index (χ2n) is 17.5. The van der Waals surface area contributed by atoms with Gasteiger partial charge in [0.1, 0.15) is 5.75 Å². The molecule has 2 aromatic carbocycles. The summed E-state index contributed by atoms with van der Waals surface area (Å²) in [7, 11) is -2.93. The minimum Gasteiger partial charge on any atom is -0.490 e. The molecule has 11 heteroatoms. The fourth-order valence-electron chi connectivity index (χ4n) is 10.9. The third-order valence-electron chi connectivity index (χ3n) is 14.2. The van der Waals surface area contributed by atoms with Crippen molar-refractivity contribution in [2.45, 2.75) is 94.4 Å². The number of aryl methyl sites for hydroxylation is 1. The number of nitrogens with zero attached hydrogens (tertiary/aromatic N) is 3. The lowest BCUT2D eigenvalue weighted by Gasteiger charge is -2.54. The fraction of sp³-hybridized carbons (Fsp3) is 0.674. The number of anilines is 1. The highest BCUT2D eigenvalue weighted by Gasteiger charge is 2.51. The molecule has 2 bridgehead atoms. The van der Waals surface area contributed by atoms with Gasteiger partial charge in [0.15, 0.2) is 0 Å². The van der Waals surface area contributed by atoms with Gasteiger partial charge in [0.2, 0.25) is 0 Å². The molecule has 8 atom stereocenters. The largest absolute Gasteiger partial charge is 0.490 e. The minimum atomic E-state index is -2.93. The zero-order chi connectivity index (χ0) is 37.7. The second-order valence-corrected chi connectivity index (χ2v) is 20.3. The molecule has 54 heavy (non-hydrogen) atoms. The number of hydrogen-bond acceptors (Lipinski definition) is 8. The van der Waals surface area contributed by atoms with Crippen LogP contribution in [0.25, 0.3) is 0 Å². The number of benzene rings is 2. The number of rotatable bonds is 4. The van der Waals surface area contributed by atoms with Crippen LogP contribution in [0.2, 0.25) is 5.02 Å². The SMILES string of the molecule is C=S1(=O)NC(=O)c2ccc3c(c2)N(C[C@@H]2CC[C@H]2[C@](CN2CCN4CCOC[C@@H]4C2)(OCC)CCC[C@H](C)[C@H]1C)C[C@@]1(CCCc2cc(Cl)ccc21)CO3. The van der Waals surface area contributed by atoms with E-state index in [1.807, 2.05) is 31.2 Å². The summed E-state index contributed by atoms with van der Waals surface area (Å²) < 4.78 is 36.9. The molecule has 296 valence electrons. The maximum Gasteiger partial charge on any atom is 0.262 e. The molecule has 8 rings (SSSR count). The Hall–Kier alpha value is -2.34. The monoisotopic (exact) mass is 780 g/mol. The Morgan fingerprint density at radius 1 is 1.06 bits per heavy atom. The number of piperazine rings is 1. The van der Waals surface area contributed by atoms with E-state index in [0.29, 0.717) is 36.7 Å². The van der Waals surface area contributed by atoms with Crippen LogP contribution in [0.1, 0.15) is 87.2 Å². The predicted octanol–water partition coefficient (Wildman–Crippen LogP) is 6.20. The number of ether oxygens (including phenoxy) is 3. The van der Waals surface area contributed by atoms with Crippen molar-refractivity contribution in [2.24, 2.45) is 17.8 Å². The maximum absolute atomic E-state index is 14.1. The second kappa shape index (κ2) is 15.5. The van der Waals surface area contributed by atoms with Gasteiger partial charge in [-0.05, 0) is 124 Å². The van der Waals surface area contributed by atoms with E-state index in [9.17, 15) is 9.00 Å². The number of nitrogens with one attached hydrogen (secondary N) is 1. The first kappa shape index (κ1) is 38.5. The van der Waals surface area contributed by atoms with E-state index in [1.54, 1.807) is 0 Å². The van der Waals surface area contributed by atoms with Gasteiger partial charge in [-0.1, -0.05) is 31.0 Å². The molecule has 9 nitrogen and oxygen atoms in total. The van der Waals surface area contributed by atoms with Crippen molar-refractivity contribution >= 4 is 38.8 Å². The molecule has 2 aromatic rings. The van der Waals surface area contributed by atoms with Crippen molar-refractivity contribution in [3.8, 4) is 5.75 Å². The van der Waals surface area contributed by atoms with Crippen molar-refractivity contribution in [1.82, 2.24) is 14.5 Å². The summed E-state index contributed by atoms with van der Waals surface area (Å²) >= 11 is 6.54. The Morgan fingerprint density at radius 2 is 1.93 bits per heavy atom. The lowest BCUT2D eigenvalue weighted by atomic mass is 9.62. The van der Waals surface area contributed by atoms with E-state index in [2.05, 4.69) is 51.3 Å². The minimum absolute atomic E-state index is 0.114. The molecular weight excluding hydrogens is 720 g/mol. The van der Waals surface area contributed by atoms with Crippen LogP contribution < -0.4 is 14.4 Å². The van der Waals surface area contributed by atoms with Crippen molar-refractivity contribution in [2.75, 3.05) is 77.1 Å². The van der Waals surface area contributed by atoms with Crippen molar-refractivity contribution in [1.29, 1.82) is 0 Å². The zero-order valence-corrected chi connectivity index (χ0v) is 34.2. The number of amides is 1. The van der Waals surface area contributed by atoms with E-state index in [0.717, 1.165) is 127 Å². The highest BCUT2D eigenvalue weighted by Crippen LogP contribution is 2.50. The molecule has 1 spiro atoms. The molecule has 1 unspecified atom stereocenters. The molecule has 6 aliphatic rings. The van der Waals surface area contributed by atoms with Gasteiger partial charge < -0.3 is 19.1 Å². The van der Waals surface area contributed by atoms with Gasteiger partial charge in [0.25, 0.3) is 5.91 Å². The Labute approximate surface area is 328 Å². The molecule has 0 aromatic heterocycles. The summed E-state index contributed by atoms with van der Waals surface area (Å²) in [6, 6.07) is 12.6. The molecule has 1 amide bonds. The van der Waals surface area contributed by atoms with Crippen molar-refractivity contribution < 1.29 is 23.2 Å². The van der Waals surface area contributed by atoms with E-state index in [-0.39, 0.29) is 28.1 Å². The fourth-order valence-corrected chi connectivity index (χ4v) is 12.6. The zero-order valence-electron chi connectivity index (χ0n) is 32.7. The van der Waals surface area contributed by atoms with Gasteiger partial charge in [-0.25, -0.2) is 4.21 Å². The molecule has 4 aliphatic heterocycles. The van der Waals surface area contributed by atoms with Crippen LogP contribution in [0.15, 0.2) is 36.4 Å². The van der Waals surface area contributed by atoms with Gasteiger partial charge in [-0.15, -0.1) is 0 Å². The van der Waals surface area contributed by atoms with E-state index < -0.39 is 9.71 Å². The number of morpholine rings is 1. The van der Waals surface area contributed by atoms with Crippen LogP contribution in [0.5, 0.6) is 5.75 Å². The number of carbonyl (C=O) groups excluding carboxylic acids is 1. The lowest BCUT2D eigenvalue weighted by molar-refractivity contribution is -0.154. The van der Waals surface area contributed by atoms with Crippen LogP contribution in [0, 0.1) is 17.8 Å². The van der Waals surface area contributed by atoms with Gasteiger partial charge in [-0.3, -0.25) is 19.3 Å². The standard InChI is InChI=1S/C43H61ClN4O5S/c1-5-53-43(28-46-18-19-47-20-21-51-26-36(47)25-46)17-6-8-30(2)31(3)54(4,50)45-41(49)33-11-15-40-39(23-33)48(24-34-10-13-38(34)43)27-42(29-52-40)16-7-9-32-22-35(44)12-14-37(32)42/h11-12,14-15,22-23,30-31,34,36,38H,4-10,13,16-21,24-29H2,1-3H3,(H,45,49,50)/t30-,31+,34-,36-,38+,42-,43-,54?/m0/s1. The highest BCUT2D eigenvalue weighted by molar-refractivity contribution is 7.99. The first-order valence-electron chi connectivity index (χ1n) is 20.7. The summed E-state index contributed by atoms with van der Waals surface area (Å²) in [6.45, 7) is 15.9. The normalized spacial score (nSPS) is 36.5. The number of hydrogen-bond donors (Lipinski definition) is 1. The number of halogens is 1. The van der Waals surface area contributed by atoms with Crippen molar-refractivity contribution in [3.63, 3.8) is 0 Å². The first-order chi connectivity index (χ1) is 26.0. The predicted molar refractivity (Wildman–Crippen MR) is 219 cm³/mol. The summed E-state index contributed by atoms with van der Waals surface area (Å²) in [5, 5.41) is 0.490. The average Bonchev–Trinajstić information content (AvgIpc) is 3.29. The van der Waals surface area contributed by atoms with Crippen LogP contribution in [-0.2, 0) is 31.0 Å². The van der Waals surface area contributed by atoms with Crippen LogP contribution in [0.3, 0.4) is 0 Å². The third-order valence-corrected chi connectivity index (χ3v) is 16.7. The summed E-state index contributed by atoms with van der Waals surface area (Å²) in [4.78, 5) is 21.7. The average molecular weight is 782 g/mol. The third kappa shape index (κ3) is 7.45. The van der Waals surface area contributed by atoms with Gasteiger partial charge >= 0.3 is 0 Å². The van der Waals surface area contributed by atoms with E-state index >= 15 is 0 Å². The molecule has 3 fully saturated rings. The topological polar surface area (TPSA) is 83.6 Å². The molecular formula is C43H61ClN4O5S. The van der Waals surface area contributed by atoms with Gasteiger partial charge in [0, 0.05) is 79.7 Å². The maximum atomic E-state index is 14.1. The van der Waals surface area contributed by atoms with Crippen molar-refractivity contribution in [3.05, 3.63) is 58.1 Å². The molecule has 1 N–H and O–H groups in total. The van der Waals surface area contributed by atoms with Gasteiger partial charge in [0.05, 0.1) is 40.8 Å². The Morgan fingerprint density at radius 3 is 2.74 bits per heavy atom. The lowest BCUT2D eigenvalue weighted by Crippen LogP contribution is -2.63. The summed E-state index contributed by atoms with van der Waals surface area (Å²) in [5.41, 5.74) is 3.55. The quantitative estimate of drug-likeness (QED) is 0.368. The Kier molecular flexibility index (Phi) is 11.1. The molecule has 2 aliphatic carbocycles. The number of carbonyl (C=O) groups is 1. The summed E-state index contributed by atoms with van der Waals surface area (Å²) in [6.07, 6.45) is 8.21. The molecule has 4 heterocycles. The van der Waals surface area contributed by atoms with E-state index in [4.69, 9.17) is 25.8 Å². The summed E-state index contributed by atoms with van der Waals surface area (Å²) in [5.74, 6) is 5.50. The molecule has 1 saturated carbocycles. The smallest absolute Gasteiger partial charge is 0.262 e.